The molecule has 0 aromatic heterocycles. The van der Waals surface area contributed by atoms with Crippen molar-refractivity contribution >= 4 is 23.5 Å². The molecule has 0 saturated heterocycles. The van der Waals surface area contributed by atoms with E-state index >= 15 is 0 Å². The third-order valence-corrected chi connectivity index (χ3v) is 9.92. The van der Waals surface area contributed by atoms with Gasteiger partial charge in [-0.25, -0.2) is 0 Å². The Morgan fingerprint density at radius 3 is 2.57 bits per heavy atom. The number of carbonyl (C=O) groups is 4. The minimum atomic E-state index is -1.43. The largest absolute Gasteiger partial charge is 0.457 e. The second-order valence-corrected chi connectivity index (χ2v) is 11.9. The van der Waals surface area contributed by atoms with Crippen molar-refractivity contribution in [1.29, 1.82) is 0 Å². The molecule has 4 rings (SSSR count). The average Bonchev–Trinajstić information content (AvgIpc) is 3.05. The monoisotopic (exact) mass is 488 g/mol. The van der Waals surface area contributed by atoms with Crippen LogP contribution in [0.2, 0.25) is 0 Å². The SMILES string of the molecule is CCCC(=O)OCC(=O)[C@@]1(OC(C)=O)CC[C@H]2[C@@H]3CC(C)C4=CC(=O)CC[C@]4(C)[C@H]3C(O)C[C@@]21C. The van der Waals surface area contributed by atoms with Gasteiger partial charge in [0.1, 0.15) is 0 Å². The third-order valence-electron chi connectivity index (χ3n) is 9.92. The number of rotatable bonds is 6. The topological polar surface area (TPSA) is 107 Å². The van der Waals surface area contributed by atoms with Gasteiger partial charge in [0.2, 0.25) is 5.78 Å². The Balaban J connectivity index is 1.70. The molecular formula is C28H40O7. The normalized spacial score (nSPS) is 42.3. The van der Waals surface area contributed by atoms with Gasteiger partial charge < -0.3 is 14.6 Å². The van der Waals surface area contributed by atoms with Crippen LogP contribution in [0.1, 0.15) is 86.0 Å². The standard InChI is InChI=1S/C28H40O7/c1-6-7-24(33)34-15-23(32)28(35-17(3)29)11-9-20-19-12-16(2)21-13-18(30)8-10-26(21,4)25(19)22(31)14-27(20,28)5/h13,16,19-20,22,25,31H,6-12,14-15H2,1-5H3/t16?,19-,20-,22?,25+,26-,27-,28-/m0/s1. The van der Waals surface area contributed by atoms with Crippen LogP contribution in [0.4, 0.5) is 0 Å². The van der Waals surface area contributed by atoms with Crippen molar-refractivity contribution in [3.8, 4) is 0 Å². The summed E-state index contributed by atoms with van der Waals surface area (Å²) in [5.74, 6) is -0.816. The van der Waals surface area contributed by atoms with E-state index in [-0.39, 0.29) is 41.3 Å². The summed E-state index contributed by atoms with van der Waals surface area (Å²) < 4.78 is 11.1. The average molecular weight is 489 g/mol. The maximum absolute atomic E-state index is 13.6. The van der Waals surface area contributed by atoms with Crippen molar-refractivity contribution in [2.75, 3.05) is 6.61 Å². The fourth-order valence-electron chi connectivity index (χ4n) is 8.57. The number of Topliss-reactive ketones (excluding diaryl/α,β-unsaturated/α-hetero) is 1. The van der Waals surface area contributed by atoms with Gasteiger partial charge in [-0.15, -0.1) is 0 Å². The summed E-state index contributed by atoms with van der Waals surface area (Å²) in [6.45, 7) is 9.06. The highest BCUT2D eigenvalue weighted by molar-refractivity contribution is 5.93. The molecule has 0 spiro atoms. The first kappa shape index (κ1) is 26.1. The van der Waals surface area contributed by atoms with Crippen LogP contribution in [-0.4, -0.2) is 46.9 Å². The van der Waals surface area contributed by atoms with Crippen molar-refractivity contribution in [3.63, 3.8) is 0 Å². The first-order valence-electron chi connectivity index (χ1n) is 13.2. The number of ketones is 2. The molecule has 3 saturated carbocycles. The minimum absolute atomic E-state index is 0.0123. The highest BCUT2D eigenvalue weighted by atomic mass is 16.6. The zero-order valence-electron chi connectivity index (χ0n) is 21.7. The summed E-state index contributed by atoms with van der Waals surface area (Å²) in [5, 5.41) is 11.7. The summed E-state index contributed by atoms with van der Waals surface area (Å²) in [7, 11) is 0. The fourth-order valence-corrected chi connectivity index (χ4v) is 8.57. The maximum Gasteiger partial charge on any atom is 0.306 e. The number of ether oxygens (including phenoxy) is 2. The first-order valence-corrected chi connectivity index (χ1v) is 13.2. The van der Waals surface area contributed by atoms with Crippen LogP contribution < -0.4 is 0 Å². The van der Waals surface area contributed by atoms with E-state index < -0.39 is 41.4 Å². The molecule has 2 unspecified atom stereocenters. The van der Waals surface area contributed by atoms with E-state index in [2.05, 4.69) is 13.8 Å². The molecule has 3 fully saturated rings. The van der Waals surface area contributed by atoms with Crippen molar-refractivity contribution in [2.24, 2.45) is 34.5 Å². The lowest BCUT2D eigenvalue weighted by molar-refractivity contribution is -0.203. The second-order valence-electron chi connectivity index (χ2n) is 11.9. The quantitative estimate of drug-likeness (QED) is 0.564. The molecule has 35 heavy (non-hydrogen) atoms. The van der Waals surface area contributed by atoms with Gasteiger partial charge in [0.15, 0.2) is 18.0 Å². The van der Waals surface area contributed by atoms with Crippen molar-refractivity contribution in [3.05, 3.63) is 11.6 Å². The van der Waals surface area contributed by atoms with Crippen LogP contribution in [0, 0.1) is 34.5 Å². The van der Waals surface area contributed by atoms with E-state index in [9.17, 15) is 24.3 Å². The number of esters is 2. The van der Waals surface area contributed by atoms with Crippen LogP contribution in [0.3, 0.4) is 0 Å². The van der Waals surface area contributed by atoms with Gasteiger partial charge >= 0.3 is 11.9 Å². The van der Waals surface area contributed by atoms with Gasteiger partial charge in [0.25, 0.3) is 0 Å². The summed E-state index contributed by atoms with van der Waals surface area (Å²) in [5.41, 5.74) is -1.30. The summed E-state index contributed by atoms with van der Waals surface area (Å²) >= 11 is 0. The number of aliphatic hydroxyl groups is 1. The number of hydrogen-bond acceptors (Lipinski definition) is 7. The molecule has 7 heteroatoms. The fraction of sp³-hybridized carbons (Fsp3) is 0.786. The lowest BCUT2D eigenvalue weighted by Gasteiger charge is -2.62. The highest BCUT2D eigenvalue weighted by Gasteiger charge is 2.70. The number of allylic oxidation sites excluding steroid dienone is 1. The van der Waals surface area contributed by atoms with Gasteiger partial charge in [0, 0.05) is 25.2 Å². The van der Waals surface area contributed by atoms with E-state index in [1.54, 1.807) is 0 Å². The lowest BCUT2D eigenvalue weighted by atomic mass is 9.44. The van der Waals surface area contributed by atoms with Crippen LogP contribution in [0.15, 0.2) is 11.6 Å². The molecule has 0 amide bonds. The minimum Gasteiger partial charge on any atom is -0.457 e. The molecule has 7 nitrogen and oxygen atoms in total. The molecule has 8 atom stereocenters. The van der Waals surface area contributed by atoms with Crippen molar-refractivity contribution in [2.45, 2.75) is 97.7 Å². The Hall–Kier alpha value is -2.02. The van der Waals surface area contributed by atoms with E-state index in [0.717, 1.165) is 18.4 Å². The first-order chi connectivity index (χ1) is 16.4. The van der Waals surface area contributed by atoms with Gasteiger partial charge in [0.05, 0.1) is 6.10 Å². The highest BCUT2D eigenvalue weighted by Crippen LogP contribution is 2.69. The van der Waals surface area contributed by atoms with Crippen LogP contribution in [-0.2, 0) is 28.7 Å². The molecule has 0 heterocycles. The van der Waals surface area contributed by atoms with E-state index in [0.29, 0.717) is 32.1 Å². The molecule has 0 aliphatic heterocycles. The van der Waals surface area contributed by atoms with Crippen molar-refractivity contribution < 1.29 is 33.8 Å². The predicted molar refractivity (Wildman–Crippen MR) is 128 cm³/mol. The molecule has 0 aromatic carbocycles. The Kier molecular flexibility index (Phi) is 6.80. The predicted octanol–water partition coefficient (Wildman–Crippen LogP) is 3.95. The van der Waals surface area contributed by atoms with Gasteiger partial charge in [-0.05, 0) is 73.7 Å². The molecule has 1 N–H and O–H groups in total. The van der Waals surface area contributed by atoms with E-state index in [1.807, 2.05) is 19.9 Å². The smallest absolute Gasteiger partial charge is 0.306 e. The summed E-state index contributed by atoms with van der Waals surface area (Å²) in [6.07, 6.45) is 5.40. The summed E-state index contributed by atoms with van der Waals surface area (Å²) in [4.78, 5) is 50.1. The zero-order valence-corrected chi connectivity index (χ0v) is 21.7. The van der Waals surface area contributed by atoms with Gasteiger partial charge in [-0.2, -0.15) is 0 Å². The molecule has 0 bridgehead atoms. The molecular weight excluding hydrogens is 448 g/mol. The zero-order chi connectivity index (χ0) is 25.8. The molecule has 0 radical (unpaired) electrons. The molecule has 4 aliphatic carbocycles. The van der Waals surface area contributed by atoms with Gasteiger partial charge in [-0.1, -0.05) is 33.3 Å². The maximum atomic E-state index is 13.6. The number of aliphatic hydroxyl groups excluding tert-OH is 1. The van der Waals surface area contributed by atoms with Crippen LogP contribution in [0.5, 0.6) is 0 Å². The molecule has 194 valence electrons. The Bertz CT molecular complexity index is 953. The Labute approximate surface area is 208 Å². The van der Waals surface area contributed by atoms with Crippen molar-refractivity contribution in [1.82, 2.24) is 0 Å². The Morgan fingerprint density at radius 2 is 1.91 bits per heavy atom. The lowest BCUT2D eigenvalue weighted by Crippen LogP contribution is -2.63. The molecule has 4 aliphatic rings. The Morgan fingerprint density at radius 1 is 1.20 bits per heavy atom. The van der Waals surface area contributed by atoms with Crippen LogP contribution >= 0.6 is 0 Å². The molecule has 0 aromatic rings. The van der Waals surface area contributed by atoms with E-state index in [1.165, 1.54) is 6.92 Å². The third kappa shape index (κ3) is 3.98. The number of carbonyl (C=O) groups excluding carboxylic acids is 4. The van der Waals surface area contributed by atoms with Gasteiger partial charge in [-0.3, -0.25) is 19.2 Å². The van der Waals surface area contributed by atoms with Crippen LogP contribution in [0.25, 0.3) is 0 Å². The second kappa shape index (κ2) is 9.13. The number of hydrogen-bond donors (Lipinski definition) is 1. The van der Waals surface area contributed by atoms with E-state index in [4.69, 9.17) is 9.47 Å². The summed E-state index contributed by atoms with van der Waals surface area (Å²) in [6, 6.07) is 0. The number of fused-ring (bicyclic) bond motifs is 5.